The molecule has 24 heavy (non-hydrogen) atoms. The van der Waals surface area contributed by atoms with E-state index in [0.717, 1.165) is 49.3 Å². The van der Waals surface area contributed by atoms with Gasteiger partial charge in [-0.25, -0.2) is 0 Å². The molecular weight excluding hydrogens is 320 g/mol. The number of rotatable bonds is 3. The Morgan fingerprint density at radius 2 is 2.12 bits per heavy atom. The van der Waals surface area contributed by atoms with Crippen LogP contribution in [0.15, 0.2) is 40.3 Å². The molecule has 0 saturated carbocycles. The monoisotopic (exact) mass is 343 g/mol. The minimum Gasteiger partial charge on any atom is -0.324 e. The second-order valence-electron chi connectivity index (χ2n) is 7.24. The Balaban J connectivity index is 1.53. The zero-order valence-corrected chi connectivity index (χ0v) is 14.9. The second-order valence-corrected chi connectivity index (χ2v) is 8.91. The lowest BCUT2D eigenvalue weighted by Gasteiger charge is -2.28. The molecule has 0 radical (unpaired) electrons. The highest BCUT2D eigenvalue weighted by Gasteiger charge is 2.35. The third kappa shape index (κ3) is 2.96. The fraction of sp³-hybridized carbons (Fsp3) is 0.444. The van der Waals surface area contributed by atoms with Gasteiger partial charge in [0.2, 0.25) is 0 Å². The molecule has 0 saturated heterocycles. The maximum absolute atomic E-state index is 12.5. The average molecular weight is 343 g/mol. The third-order valence-electron chi connectivity index (χ3n) is 4.69. The molecule has 1 aromatic heterocycles. The summed E-state index contributed by atoms with van der Waals surface area (Å²) in [5.74, 6) is 0.992. The van der Waals surface area contributed by atoms with Crippen LogP contribution in [0.5, 0.6) is 0 Å². The summed E-state index contributed by atoms with van der Waals surface area (Å²) in [5.41, 5.74) is 2.12. The first kappa shape index (κ1) is 15.7. The first-order chi connectivity index (χ1) is 11.5. The lowest BCUT2D eigenvalue weighted by molar-refractivity contribution is -0.912. The van der Waals surface area contributed by atoms with Gasteiger partial charge in [0, 0.05) is 17.7 Å². The molecule has 6 heteroatoms. The normalized spacial score (nSPS) is 21.0. The number of thioether (sulfide) groups is 1. The van der Waals surface area contributed by atoms with E-state index in [0.29, 0.717) is 0 Å². The van der Waals surface area contributed by atoms with Gasteiger partial charge in [-0.1, -0.05) is 42.1 Å². The Labute approximate surface area is 146 Å². The Bertz CT molecular complexity index is 816. The highest BCUT2D eigenvalue weighted by Crippen LogP contribution is 2.41. The average Bonchev–Trinajstić information content (AvgIpc) is 2.88. The highest BCUT2D eigenvalue weighted by atomic mass is 32.2. The Hall–Kier alpha value is -1.79. The summed E-state index contributed by atoms with van der Waals surface area (Å²) >= 11 is 1.69. The van der Waals surface area contributed by atoms with E-state index < -0.39 is 0 Å². The van der Waals surface area contributed by atoms with E-state index in [1.807, 2.05) is 6.07 Å². The van der Waals surface area contributed by atoms with Gasteiger partial charge in [0.25, 0.3) is 5.56 Å². The topological polar surface area (TPSA) is 51.4 Å². The van der Waals surface area contributed by atoms with Gasteiger partial charge in [0.15, 0.2) is 11.8 Å². The zero-order chi connectivity index (χ0) is 16.7. The second kappa shape index (κ2) is 5.93. The van der Waals surface area contributed by atoms with Crippen molar-refractivity contribution in [1.29, 1.82) is 0 Å². The lowest BCUT2D eigenvalue weighted by Crippen LogP contribution is -3.13. The molecule has 4 rings (SSSR count). The fourth-order valence-corrected chi connectivity index (χ4v) is 4.57. The number of benzene rings is 1. The Kier molecular flexibility index (Phi) is 3.89. The largest absolute Gasteiger partial charge is 0.324 e. The minimum atomic E-state index is -0.0640. The van der Waals surface area contributed by atoms with Gasteiger partial charge in [-0.2, -0.15) is 4.98 Å². The van der Waals surface area contributed by atoms with Gasteiger partial charge in [-0.3, -0.25) is 4.79 Å². The number of nitrogens with zero attached hydrogens (tertiary/aromatic N) is 2. The first-order valence-electron chi connectivity index (χ1n) is 8.46. The summed E-state index contributed by atoms with van der Waals surface area (Å²) in [5, 5.41) is 4.35. The van der Waals surface area contributed by atoms with Crippen LogP contribution in [0, 0.1) is 0 Å². The van der Waals surface area contributed by atoms with Gasteiger partial charge in [-0.15, -0.1) is 0 Å². The maximum atomic E-state index is 12.5. The van der Waals surface area contributed by atoms with Crippen molar-refractivity contribution < 1.29 is 4.90 Å². The third-order valence-corrected chi connectivity index (χ3v) is 5.87. The summed E-state index contributed by atoms with van der Waals surface area (Å²) in [6, 6.07) is 10.5. The molecule has 5 nitrogen and oxygen atoms in total. The molecule has 1 unspecified atom stereocenters. The number of anilines is 1. The van der Waals surface area contributed by atoms with Crippen LogP contribution in [0.2, 0.25) is 0 Å². The van der Waals surface area contributed by atoms with E-state index in [-0.39, 0.29) is 10.3 Å². The number of quaternary nitrogens is 1. The standard InChI is InChI=1S/C18H22N4OS/c1-18(2)11-22-15-14(16(23)20-17(22)24-18)10-21(12-19-15)9-8-13-6-4-3-5-7-13/h3-7,19H,8-12H2,1-2H3/p+1. The molecule has 1 atom stereocenters. The Morgan fingerprint density at radius 3 is 2.92 bits per heavy atom. The smallest absolute Gasteiger partial charge is 0.284 e. The maximum Gasteiger partial charge on any atom is 0.284 e. The van der Waals surface area contributed by atoms with Crippen molar-refractivity contribution in [1.82, 2.24) is 9.55 Å². The number of nitrogens with one attached hydrogen (secondary N) is 2. The first-order valence-corrected chi connectivity index (χ1v) is 9.28. The molecule has 2 aliphatic heterocycles. The molecule has 0 aliphatic carbocycles. The summed E-state index contributed by atoms with van der Waals surface area (Å²) < 4.78 is 2.29. The molecule has 0 fully saturated rings. The van der Waals surface area contributed by atoms with Gasteiger partial charge in [0.05, 0.1) is 6.54 Å². The van der Waals surface area contributed by atoms with Crippen molar-refractivity contribution in [3.63, 3.8) is 0 Å². The van der Waals surface area contributed by atoms with Gasteiger partial charge in [-0.05, 0) is 19.4 Å². The van der Waals surface area contributed by atoms with Gasteiger partial charge in [0.1, 0.15) is 17.9 Å². The Morgan fingerprint density at radius 1 is 1.33 bits per heavy atom. The summed E-state index contributed by atoms with van der Waals surface area (Å²) in [6.45, 7) is 7.92. The number of hydrogen-bond acceptors (Lipinski definition) is 4. The molecule has 126 valence electrons. The molecule has 0 spiro atoms. The number of aromatic nitrogens is 2. The fourth-order valence-electron chi connectivity index (χ4n) is 3.48. The van der Waals surface area contributed by atoms with E-state index in [2.05, 4.69) is 53.0 Å². The molecular formula is C18H23N4OS+. The van der Waals surface area contributed by atoms with Gasteiger partial charge >= 0.3 is 0 Å². The molecule has 3 heterocycles. The van der Waals surface area contributed by atoms with Crippen LogP contribution in [-0.4, -0.2) is 27.5 Å². The van der Waals surface area contributed by atoms with Crippen molar-refractivity contribution in [2.45, 2.75) is 43.3 Å². The number of fused-ring (bicyclic) bond motifs is 3. The number of hydrogen-bond donors (Lipinski definition) is 2. The predicted octanol–water partition coefficient (Wildman–Crippen LogP) is 1.14. The molecule has 1 aromatic carbocycles. The summed E-state index contributed by atoms with van der Waals surface area (Å²) in [6.07, 6.45) is 1.02. The lowest BCUT2D eigenvalue weighted by atomic mass is 10.1. The van der Waals surface area contributed by atoms with Crippen LogP contribution < -0.4 is 15.8 Å². The summed E-state index contributed by atoms with van der Waals surface area (Å²) in [4.78, 5) is 18.2. The minimum absolute atomic E-state index is 0.0640. The van der Waals surface area contributed by atoms with Crippen LogP contribution in [-0.2, 0) is 19.5 Å². The van der Waals surface area contributed by atoms with Crippen molar-refractivity contribution in [3.05, 3.63) is 51.8 Å². The van der Waals surface area contributed by atoms with E-state index in [1.54, 1.807) is 11.8 Å². The van der Waals surface area contributed by atoms with Crippen molar-refractivity contribution in [2.75, 3.05) is 18.5 Å². The van der Waals surface area contributed by atoms with Crippen LogP contribution in [0.25, 0.3) is 0 Å². The van der Waals surface area contributed by atoms with Crippen LogP contribution in [0.4, 0.5) is 5.82 Å². The molecule has 0 bridgehead atoms. The molecule has 2 aromatic rings. The van der Waals surface area contributed by atoms with E-state index in [1.165, 1.54) is 10.5 Å². The molecule has 0 amide bonds. The van der Waals surface area contributed by atoms with Crippen molar-refractivity contribution in [2.24, 2.45) is 0 Å². The van der Waals surface area contributed by atoms with E-state index in [4.69, 9.17) is 0 Å². The predicted molar refractivity (Wildman–Crippen MR) is 96.6 cm³/mol. The molecule has 2 aliphatic rings. The van der Waals surface area contributed by atoms with Crippen LogP contribution in [0.1, 0.15) is 25.0 Å². The summed E-state index contributed by atoms with van der Waals surface area (Å²) in [7, 11) is 0. The van der Waals surface area contributed by atoms with Crippen LogP contribution >= 0.6 is 11.8 Å². The zero-order valence-electron chi connectivity index (χ0n) is 14.1. The molecule has 2 N–H and O–H groups in total. The van der Waals surface area contributed by atoms with Crippen molar-refractivity contribution in [3.8, 4) is 0 Å². The SMILES string of the molecule is CC1(C)Cn2c(nc(=O)c3c2NC[NH+](CCc2ccccc2)C3)S1. The van der Waals surface area contributed by atoms with E-state index >= 15 is 0 Å². The quantitative estimate of drug-likeness (QED) is 0.821. The van der Waals surface area contributed by atoms with E-state index in [9.17, 15) is 4.79 Å². The highest BCUT2D eigenvalue weighted by molar-refractivity contribution is 8.00. The van der Waals surface area contributed by atoms with Crippen molar-refractivity contribution >= 4 is 17.6 Å². The van der Waals surface area contributed by atoms with Gasteiger partial charge < -0.3 is 14.8 Å². The van der Waals surface area contributed by atoms with Crippen LogP contribution in [0.3, 0.4) is 0 Å².